The fourth-order valence-corrected chi connectivity index (χ4v) is 2.50. The first-order chi connectivity index (χ1) is 5.77. The van der Waals surface area contributed by atoms with Crippen LogP contribution >= 0.6 is 11.3 Å². The van der Waals surface area contributed by atoms with E-state index in [2.05, 4.69) is 5.32 Å². The van der Waals surface area contributed by atoms with E-state index in [4.69, 9.17) is 0 Å². The van der Waals surface area contributed by atoms with Crippen molar-refractivity contribution in [2.75, 3.05) is 6.54 Å². The summed E-state index contributed by atoms with van der Waals surface area (Å²) in [7, 11) is 0. The van der Waals surface area contributed by atoms with Gasteiger partial charge in [0.2, 0.25) is 0 Å². The highest BCUT2D eigenvalue weighted by molar-refractivity contribution is 7.14. The number of Topliss-reactive ketones (excluding diaryl/α,β-unsaturated/α-hetero) is 1. The minimum absolute atomic E-state index is 0.189. The molecule has 0 unspecified atom stereocenters. The lowest BCUT2D eigenvalue weighted by Crippen LogP contribution is -2.21. The van der Waals surface area contributed by atoms with Gasteiger partial charge in [-0.3, -0.25) is 4.79 Å². The Bertz CT molecular complexity index is 293. The Kier molecular flexibility index (Phi) is 1.98. The number of carbonyl (C=O) groups excluding carboxylic acids is 1. The van der Waals surface area contributed by atoms with Crippen LogP contribution in [0.1, 0.15) is 27.0 Å². The van der Waals surface area contributed by atoms with Crippen molar-refractivity contribution in [1.82, 2.24) is 5.32 Å². The molecule has 0 aromatic carbocycles. The maximum atomic E-state index is 11.1. The highest BCUT2D eigenvalue weighted by Gasteiger charge is 2.14. The van der Waals surface area contributed by atoms with E-state index in [1.165, 1.54) is 10.4 Å². The molecule has 1 aliphatic rings. The van der Waals surface area contributed by atoms with Crippen molar-refractivity contribution < 1.29 is 4.79 Å². The number of hydrogen-bond donors (Lipinski definition) is 1. The second-order valence-electron chi connectivity index (χ2n) is 3.04. The number of hydrogen-bond acceptors (Lipinski definition) is 3. The van der Waals surface area contributed by atoms with E-state index in [1.807, 2.05) is 6.07 Å². The number of rotatable bonds is 1. The van der Waals surface area contributed by atoms with Crippen LogP contribution < -0.4 is 5.32 Å². The van der Waals surface area contributed by atoms with E-state index in [9.17, 15) is 4.79 Å². The molecule has 3 heteroatoms. The van der Waals surface area contributed by atoms with Gasteiger partial charge in [0.15, 0.2) is 5.78 Å². The summed E-state index contributed by atoms with van der Waals surface area (Å²) >= 11 is 1.63. The summed E-state index contributed by atoms with van der Waals surface area (Å²) in [5, 5.41) is 3.29. The second-order valence-corrected chi connectivity index (χ2v) is 4.18. The van der Waals surface area contributed by atoms with Gasteiger partial charge >= 0.3 is 0 Å². The molecule has 2 nitrogen and oxygen atoms in total. The van der Waals surface area contributed by atoms with Crippen LogP contribution in [0.3, 0.4) is 0 Å². The minimum atomic E-state index is 0.189. The Hall–Kier alpha value is -0.670. The van der Waals surface area contributed by atoms with Gasteiger partial charge in [-0.2, -0.15) is 0 Å². The van der Waals surface area contributed by atoms with Crippen LogP contribution in [0.4, 0.5) is 0 Å². The normalized spacial score (nSPS) is 15.8. The van der Waals surface area contributed by atoms with Gasteiger partial charge in [-0.25, -0.2) is 0 Å². The molecule has 0 spiro atoms. The quantitative estimate of drug-likeness (QED) is 0.667. The number of thiophene rings is 1. The first-order valence-corrected chi connectivity index (χ1v) is 4.92. The highest BCUT2D eigenvalue weighted by atomic mass is 32.1. The number of nitrogens with one attached hydrogen (secondary N) is 1. The molecule has 1 N–H and O–H groups in total. The molecule has 1 aromatic rings. The highest BCUT2D eigenvalue weighted by Crippen LogP contribution is 2.25. The van der Waals surface area contributed by atoms with Gasteiger partial charge in [0, 0.05) is 11.4 Å². The topological polar surface area (TPSA) is 29.1 Å². The fourth-order valence-electron chi connectivity index (χ4n) is 1.43. The van der Waals surface area contributed by atoms with Gasteiger partial charge < -0.3 is 5.32 Å². The lowest BCUT2D eigenvalue weighted by Gasteiger charge is -2.10. The molecular weight excluding hydrogens is 170 g/mol. The van der Waals surface area contributed by atoms with Crippen LogP contribution in [0, 0.1) is 0 Å². The van der Waals surface area contributed by atoms with Gasteiger partial charge in [-0.05, 0) is 31.5 Å². The van der Waals surface area contributed by atoms with Crippen LogP contribution in [0.15, 0.2) is 6.07 Å². The summed E-state index contributed by atoms with van der Waals surface area (Å²) in [6, 6.07) is 2.04. The lowest BCUT2D eigenvalue weighted by molar-refractivity contribution is 0.102. The van der Waals surface area contributed by atoms with Crippen LogP contribution in [0.5, 0.6) is 0 Å². The number of fused-ring (bicyclic) bond motifs is 1. The molecule has 12 heavy (non-hydrogen) atoms. The summed E-state index contributed by atoms with van der Waals surface area (Å²) in [5.41, 5.74) is 1.36. The Labute approximate surface area is 75.6 Å². The zero-order chi connectivity index (χ0) is 8.55. The molecular formula is C9H11NOS. The molecule has 0 amide bonds. The van der Waals surface area contributed by atoms with Crippen molar-refractivity contribution in [3.8, 4) is 0 Å². The van der Waals surface area contributed by atoms with Crippen molar-refractivity contribution in [2.45, 2.75) is 19.9 Å². The molecule has 64 valence electrons. The second kappa shape index (κ2) is 2.99. The van der Waals surface area contributed by atoms with Gasteiger partial charge in [-0.1, -0.05) is 0 Å². The predicted octanol–water partition coefficient (Wildman–Crippen LogP) is 1.60. The van der Waals surface area contributed by atoms with E-state index >= 15 is 0 Å². The molecule has 0 bridgehead atoms. The summed E-state index contributed by atoms with van der Waals surface area (Å²) in [6.45, 7) is 3.61. The Balaban J connectivity index is 2.38. The minimum Gasteiger partial charge on any atom is -0.312 e. The molecule has 0 saturated heterocycles. The van der Waals surface area contributed by atoms with Crippen molar-refractivity contribution in [2.24, 2.45) is 0 Å². The zero-order valence-corrected chi connectivity index (χ0v) is 7.83. The molecule has 0 saturated carbocycles. The zero-order valence-electron chi connectivity index (χ0n) is 7.02. The lowest BCUT2D eigenvalue weighted by atomic mass is 10.1. The van der Waals surface area contributed by atoms with Crippen LogP contribution in [0.2, 0.25) is 0 Å². The summed E-state index contributed by atoms with van der Waals surface area (Å²) < 4.78 is 0. The first-order valence-electron chi connectivity index (χ1n) is 4.10. The van der Waals surface area contributed by atoms with E-state index in [1.54, 1.807) is 18.3 Å². The molecule has 2 heterocycles. The van der Waals surface area contributed by atoms with Crippen molar-refractivity contribution in [3.05, 3.63) is 21.4 Å². The number of carbonyl (C=O) groups is 1. The predicted molar refractivity (Wildman–Crippen MR) is 49.7 cm³/mol. The molecule has 0 radical (unpaired) electrons. The largest absolute Gasteiger partial charge is 0.312 e. The Morgan fingerprint density at radius 1 is 1.67 bits per heavy atom. The van der Waals surface area contributed by atoms with Crippen molar-refractivity contribution in [1.29, 1.82) is 0 Å². The Morgan fingerprint density at radius 2 is 2.50 bits per heavy atom. The fraction of sp³-hybridized carbons (Fsp3) is 0.444. The number of ketones is 1. The van der Waals surface area contributed by atoms with Crippen molar-refractivity contribution >= 4 is 17.1 Å². The summed E-state index contributed by atoms with van der Waals surface area (Å²) in [5.74, 6) is 0.189. The van der Waals surface area contributed by atoms with Gasteiger partial charge in [0.25, 0.3) is 0 Å². The maximum absolute atomic E-state index is 11.1. The van der Waals surface area contributed by atoms with E-state index in [0.29, 0.717) is 0 Å². The third-order valence-corrected chi connectivity index (χ3v) is 3.38. The summed E-state index contributed by atoms with van der Waals surface area (Å²) in [4.78, 5) is 13.3. The standard InChI is InChI=1S/C9H11NOS/c1-6(11)8-4-7-2-3-10-5-9(7)12-8/h4,10H,2-3,5H2,1H3. The Morgan fingerprint density at radius 3 is 3.17 bits per heavy atom. The van der Waals surface area contributed by atoms with Crippen LogP contribution in [-0.2, 0) is 13.0 Å². The van der Waals surface area contributed by atoms with Crippen LogP contribution in [0.25, 0.3) is 0 Å². The van der Waals surface area contributed by atoms with Crippen LogP contribution in [-0.4, -0.2) is 12.3 Å². The molecule has 1 aromatic heterocycles. The van der Waals surface area contributed by atoms with E-state index in [-0.39, 0.29) is 5.78 Å². The van der Waals surface area contributed by atoms with Gasteiger partial charge in [-0.15, -0.1) is 11.3 Å². The average molecular weight is 181 g/mol. The SMILES string of the molecule is CC(=O)c1cc2c(s1)CNCC2. The van der Waals surface area contributed by atoms with E-state index < -0.39 is 0 Å². The van der Waals surface area contributed by atoms with Gasteiger partial charge in [0.05, 0.1) is 4.88 Å². The smallest absolute Gasteiger partial charge is 0.169 e. The molecule has 0 atom stereocenters. The van der Waals surface area contributed by atoms with Crippen molar-refractivity contribution in [3.63, 3.8) is 0 Å². The molecule has 0 aliphatic carbocycles. The molecule has 0 fully saturated rings. The average Bonchev–Trinajstić information content (AvgIpc) is 2.46. The summed E-state index contributed by atoms with van der Waals surface area (Å²) in [6.07, 6.45) is 1.07. The third-order valence-electron chi connectivity index (χ3n) is 2.10. The maximum Gasteiger partial charge on any atom is 0.169 e. The van der Waals surface area contributed by atoms with E-state index in [0.717, 1.165) is 24.4 Å². The monoisotopic (exact) mass is 181 g/mol. The molecule has 1 aliphatic heterocycles. The van der Waals surface area contributed by atoms with Gasteiger partial charge in [0.1, 0.15) is 0 Å². The first kappa shape index (κ1) is 7.95. The molecule has 2 rings (SSSR count). The third kappa shape index (κ3) is 1.30.